The molecule has 140 valence electrons. The number of amides is 1. The molecular formula is C19H16N6O3. The number of hydrogen-bond acceptors (Lipinski definition) is 6. The molecule has 2 aromatic carbocycles. The van der Waals surface area contributed by atoms with E-state index in [1.807, 2.05) is 30.3 Å². The minimum absolute atomic E-state index is 0.0939. The van der Waals surface area contributed by atoms with Crippen LogP contribution in [0.25, 0.3) is 16.9 Å². The summed E-state index contributed by atoms with van der Waals surface area (Å²) in [5, 5.41) is 10.7. The summed E-state index contributed by atoms with van der Waals surface area (Å²) < 4.78 is 7.88. The first-order valence-electron chi connectivity index (χ1n) is 8.46. The molecule has 4 aromatic rings. The minimum atomic E-state index is -0.442. The molecule has 0 saturated carbocycles. The Morgan fingerprint density at radius 3 is 2.64 bits per heavy atom. The van der Waals surface area contributed by atoms with Crippen LogP contribution >= 0.6 is 0 Å². The van der Waals surface area contributed by atoms with Gasteiger partial charge in [-0.25, -0.2) is 4.98 Å². The van der Waals surface area contributed by atoms with E-state index < -0.39 is 5.56 Å². The van der Waals surface area contributed by atoms with Gasteiger partial charge in [0.25, 0.3) is 5.56 Å². The monoisotopic (exact) mass is 376 g/mol. The molecule has 9 nitrogen and oxygen atoms in total. The first kappa shape index (κ1) is 17.4. The number of hydrogen-bond donors (Lipinski definition) is 1. The Labute approximate surface area is 159 Å². The molecule has 0 bridgehead atoms. The lowest BCUT2D eigenvalue weighted by Gasteiger charge is -2.10. The van der Waals surface area contributed by atoms with Gasteiger partial charge in [0, 0.05) is 0 Å². The van der Waals surface area contributed by atoms with E-state index in [-0.39, 0.29) is 18.0 Å². The smallest absolute Gasteiger partial charge is 0.284 e. The third kappa shape index (κ3) is 3.20. The number of nitrogens with one attached hydrogen (secondary N) is 1. The van der Waals surface area contributed by atoms with Gasteiger partial charge in [-0.1, -0.05) is 35.5 Å². The number of para-hydroxylation sites is 3. The van der Waals surface area contributed by atoms with Gasteiger partial charge in [0.2, 0.25) is 5.91 Å². The summed E-state index contributed by atoms with van der Waals surface area (Å²) in [7, 11) is 1.52. The number of carbonyl (C=O) groups is 1. The zero-order chi connectivity index (χ0) is 19.5. The van der Waals surface area contributed by atoms with Crippen LogP contribution in [-0.4, -0.2) is 37.6 Å². The Morgan fingerprint density at radius 2 is 1.86 bits per heavy atom. The second-order valence-electron chi connectivity index (χ2n) is 5.94. The van der Waals surface area contributed by atoms with Crippen molar-refractivity contribution in [2.75, 3.05) is 12.4 Å². The van der Waals surface area contributed by atoms with Gasteiger partial charge >= 0.3 is 0 Å². The Morgan fingerprint density at radius 1 is 1.11 bits per heavy atom. The molecule has 0 aliphatic rings. The number of methoxy groups -OCH3 is 1. The molecule has 0 fully saturated rings. The van der Waals surface area contributed by atoms with Gasteiger partial charge in [0.05, 0.1) is 18.5 Å². The van der Waals surface area contributed by atoms with Crippen molar-refractivity contribution in [2.45, 2.75) is 6.54 Å². The molecule has 9 heteroatoms. The van der Waals surface area contributed by atoms with Crippen LogP contribution in [0.15, 0.2) is 65.7 Å². The van der Waals surface area contributed by atoms with Gasteiger partial charge in [0.1, 0.15) is 18.6 Å². The second-order valence-corrected chi connectivity index (χ2v) is 5.94. The Hall–Kier alpha value is -4.01. The number of benzene rings is 2. The fourth-order valence-corrected chi connectivity index (χ4v) is 2.79. The normalized spacial score (nSPS) is 10.8. The van der Waals surface area contributed by atoms with Crippen molar-refractivity contribution >= 4 is 22.8 Å². The second kappa shape index (κ2) is 7.31. The summed E-state index contributed by atoms with van der Waals surface area (Å²) in [5.41, 5.74) is 1.24. The number of rotatable bonds is 5. The van der Waals surface area contributed by atoms with Crippen molar-refractivity contribution in [3.63, 3.8) is 0 Å². The molecule has 0 atom stereocenters. The molecule has 0 saturated heterocycles. The van der Waals surface area contributed by atoms with Crippen LogP contribution < -0.4 is 15.6 Å². The number of aromatic nitrogens is 5. The summed E-state index contributed by atoms with van der Waals surface area (Å²) in [4.78, 5) is 29.3. The maximum atomic E-state index is 12.7. The van der Waals surface area contributed by atoms with Crippen LogP contribution in [0, 0.1) is 0 Å². The zero-order valence-electron chi connectivity index (χ0n) is 14.9. The van der Waals surface area contributed by atoms with E-state index in [4.69, 9.17) is 4.74 Å². The summed E-state index contributed by atoms with van der Waals surface area (Å²) >= 11 is 0. The lowest BCUT2D eigenvalue weighted by atomic mass is 10.3. The molecular weight excluding hydrogens is 360 g/mol. The van der Waals surface area contributed by atoms with Crippen molar-refractivity contribution in [2.24, 2.45) is 0 Å². The lowest BCUT2D eigenvalue weighted by molar-refractivity contribution is -0.116. The highest BCUT2D eigenvalue weighted by Crippen LogP contribution is 2.22. The van der Waals surface area contributed by atoms with Crippen molar-refractivity contribution < 1.29 is 9.53 Å². The average molecular weight is 376 g/mol. The molecule has 0 aliphatic carbocycles. The number of nitrogens with zero attached hydrogens (tertiary/aromatic N) is 5. The van der Waals surface area contributed by atoms with Crippen molar-refractivity contribution in [1.82, 2.24) is 24.5 Å². The van der Waals surface area contributed by atoms with Crippen molar-refractivity contribution in [1.29, 1.82) is 0 Å². The SMILES string of the molecule is COc1ccccc1NC(=O)Cn1cnc2c(nnn2-c2ccccc2)c1=O. The largest absolute Gasteiger partial charge is 0.495 e. The highest BCUT2D eigenvalue weighted by molar-refractivity contribution is 5.92. The summed E-state index contributed by atoms with van der Waals surface area (Å²) in [6, 6.07) is 16.3. The number of ether oxygens (including phenoxy) is 1. The van der Waals surface area contributed by atoms with Crippen LogP contribution in [0.5, 0.6) is 5.75 Å². The maximum Gasteiger partial charge on any atom is 0.284 e. The van der Waals surface area contributed by atoms with E-state index in [2.05, 4.69) is 20.6 Å². The van der Waals surface area contributed by atoms with Gasteiger partial charge in [-0.05, 0) is 24.3 Å². The van der Waals surface area contributed by atoms with Crippen LogP contribution in [0.1, 0.15) is 0 Å². The van der Waals surface area contributed by atoms with E-state index in [1.54, 1.807) is 24.3 Å². The van der Waals surface area contributed by atoms with Gasteiger partial charge in [0.15, 0.2) is 11.2 Å². The Kier molecular flexibility index (Phi) is 4.55. The molecule has 2 aromatic heterocycles. The van der Waals surface area contributed by atoms with E-state index >= 15 is 0 Å². The van der Waals surface area contributed by atoms with Gasteiger partial charge in [-0.2, -0.15) is 4.68 Å². The number of anilines is 1. The fourth-order valence-electron chi connectivity index (χ4n) is 2.79. The van der Waals surface area contributed by atoms with Crippen LogP contribution in [0.3, 0.4) is 0 Å². The molecule has 0 spiro atoms. The van der Waals surface area contributed by atoms with Crippen molar-refractivity contribution in [3.8, 4) is 11.4 Å². The molecule has 0 unspecified atom stereocenters. The average Bonchev–Trinajstić information content (AvgIpc) is 3.16. The highest BCUT2D eigenvalue weighted by atomic mass is 16.5. The van der Waals surface area contributed by atoms with E-state index in [0.29, 0.717) is 17.1 Å². The maximum absolute atomic E-state index is 12.7. The predicted molar refractivity (Wildman–Crippen MR) is 103 cm³/mol. The van der Waals surface area contributed by atoms with Gasteiger partial charge in [-0.3, -0.25) is 14.2 Å². The predicted octanol–water partition coefficient (Wildman–Crippen LogP) is 1.62. The van der Waals surface area contributed by atoms with Crippen LogP contribution in [0.4, 0.5) is 5.69 Å². The Balaban J connectivity index is 1.61. The molecule has 4 rings (SSSR count). The van der Waals surface area contributed by atoms with Gasteiger partial charge < -0.3 is 10.1 Å². The van der Waals surface area contributed by atoms with E-state index in [0.717, 1.165) is 5.69 Å². The van der Waals surface area contributed by atoms with Crippen LogP contribution in [0.2, 0.25) is 0 Å². The quantitative estimate of drug-likeness (QED) is 0.568. The topological polar surface area (TPSA) is 104 Å². The fraction of sp³-hybridized carbons (Fsp3) is 0.105. The van der Waals surface area contributed by atoms with Crippen molar-refractivity contribution in [3.05, 3.63) is 71.3 Å². The first-order chi connectivity index (χ1) is 13.7. The van der Waals surface area contributed by atoms with E-state index in [1.165, 1.54) is 22.7 Å². The summed E-state index contributed by atoms with van der Waals surface area (Å²) in [6.07, 6.45) is 1.31. The third-order valence-electron chi connectivity index (χ3n) is 4.13. The highest BCUT2D eigenvalue weighted by Gasteiger charge is 2.15. The summed E-state index contributed by atoms with van der Waals surface area (Å²) in [6.45, 7) is -0.210. The molecule has 2 heterocycles. The van der Waals surface area contributed by atoms with Gasteiger partial charge in [-0.15, -0.1) is 5.10 Å². The zero-order valence-corrected chi connectivity index (χ0v) is 14.9. The molecule has 28 heavy (non-hydrogen) atoms. The minimum Gasteiger partial charge on any atom is -0.495 e. The number of carbonyl (C=O) groups excluding carboxylic acids is 1. The third-order valence-corrected chi connectivity index (χ3v) is 4.13. The molecule has 0 radical (unpaired) electrons. The Bertz CT molecular complexity index is 1200. The van der Waals surface area contributed by atoms with E-state index in [9.17, 15) is 9.59 Å². The molecule has 0 aliphatic heterocycles. The number of fused-ring (bicyclic) bond motifs is 1. The molecule has 1 amide bonds. The first-order valence-corrected chi connectivity index (χ1v) is 8.46. The molecule has 1 N–H and O–H groups in total. The van der Waals surface area contributed by atoms with Crippen LogP contribution in [-0.2, 0) is 11.3 Å². The summed E-state index contributed by atoms with van der Waals surface area (Å²) in [5.74, 6) is 0.144. The lowest BCUT2D eigenvalue weighted by Crippen LogP contribution is -2.28. The standard InChI is InChI=1S/C19H16N6O3/c1-28-15-10-6-5-9-14(15)21-16(26)11-24-12-20-18-17(19(24)27)22-23-25(18)13-7-3-2-4-8-13/h2-10,12H,11H2,1H3,(H,21,26).